The molecule has 8 heteroatoms. The number of ether oxygens (including phenoxy) is 2. The molecule has 3 aliphatic rings. The summed E-state index contributed by atoms with van der Waals surface area (Å²) in [5.41, 5.74) is 0.937. The molecule has 0 saturated carbocycles. The quantitative estimate of drug-likeness (QED) is 0.311. The molecule has 1 aliphatic carbocycles. The number of hydrogen-bond donors (Lipinski definition) is 1. The molecule has 2 aliphatic heterocycles. The van der Waals surface area contributed by atoms with Crippen LogP contribution in [-0.4, -0.2) is 35.2 Å². The number of fused-ring (bicyclic) bond motifs is 6. The molecule has 0 fully saturated rings. The molecule has 2 heterocycles. The number of amides is 2. The number of hydrogen-bond acceptors (Lipinski definition) is 6. The molecule has 3 unspecified atom stereocenters. The highest BCUT2D eigenvalue weighted by Crippen LogP contribution is 2.58. The lowest BCUT2D eigenvalue weighted by Gasteiger charge is -2.43. The number of benzene rings is 2. The number of esters is 1. The smallest absolute Gasteiger partial charge is 0.421 e. The van der Waals surface area contributed by atoms with Crippen LogP contribution in [0, 0.1) is 9.49 Å². The predicted octanol–water partition coefficient (Wildman–Crippen LogP) is 6.05. The van der Waals surface area contributed by atoms with Gasteiger partial charge in [0.25, 0.3) is 5.91 Å². The average Bonchev–Trinajstić information content (AvgIpc) is 3.26. The van der Waals surface area contributed by atoms with Gasteiger partial charge in [-0.2, -0.15) is 0 Å². The first-order chi connectivity index (χ1) is 17.2. The summed E-state index contributed by atoms with van der Waals surface area (Å²) in [6.07, 6.45) is 1.57. The van der Waals surface area contributed by atoms with Crippen molar-refractivity contribution < 1.29 is 23.9 Å². The highest BCUT2D eigenvalue weighted by atomic mass is 127. The third kappa shape index (κ3) is 4.13. The van der Waals surface area contributed by atoms with Gasteiger partial charge >= 0.3 is 12.1 Å². The Morgan fingerprint density at radius 2 is 1.70 bits per heavy atom. The zero-order chi connectivity index (χ0) is 26.9. The molecular formula is C29H31IN2O5. The zero-order valence-electron chi connectivity index (χ0n) is 21.8. The van der Waals surface area contributed by atoms with Crippen molar-refractivity contribution in [3.8, 4) is 0 Å². The van der Waals surface area contributed by atoms with Crippen molar-refractivity contribution in [2.24, 2.45) is 5.92 Å². The van der Waals surface area contributed by atoms with Crippen LogP contribution in [0.1, 0.15) is 59.1 Å². The first-order valence-electron chi connectivity index (χ1n) is 12.4. The molecular weight excluding hydrogens is 583 g/mol. The maximum atomic E-state index is 14.7. The van der Waals surface area contributed by atoms with Crippen molar-refractivity contribution in [3.63, 3.8) is 0 Å². The van der Waals surface area contributed by atoms with E-state index in [9.17, 15) is 14.4 Å². The van der Waals surface area contributed by atoms with E-state index in [2.05, 4.69) is 27.9 Å². The van der Waals surface area contributed by atoms with Gasteiger partial charge in [0.1, 0.15) is 16.6 Å². The summed E-state index contributed by atoms with van der Waals surface area (Å²) in [6.45, 7) is 10.7. The predicted molar refractivity (Wildman–Crippen MR) is 150 cm³/mol. The van der Waals surface area contributed by atoms with E-state index in [-0.39, 0.29) is 0 Å². The van der Waals surface area contributed by atoms with Crippen molar-refractivity contribution in [1.82, 2.24) is 0 Å². The van der Waals surface area contributed by atoms with Crippen molar-refractivity contribution >= 4 is 57.5 Å². The first-order valence-corrected chi connectivity index (χ1v) is 13.5. The molecule has 2 amide bonds. The summed E-state index contributed by atoms with van der Waals surface area (Å²) in [7, 11) is 0. The lowest BCUT2D eigenvalue weighted by molar-refractivity contribution is -0.164. The lowest BCUT2D eigenvalue weighted by Crippen LogP contribution is -2.60. The Morgan fingerprint density at radius 3 is 2.38 bits per heavy atom. The highest BCUT2D eigenvalue weighted by Gasteiger charge is 2.67. The van der Waals surface area contributed by atoms with E-state index in [4.69, 9.17) is 9.47 Å². The van der Waals surface area contributed by atoms with Crippen molar-refractivity contribution in [1.29, 1.82) is 0 Å². The monoisotopic (exact) mass is 614 g/mol. The van der Waals surface area contributed by atoms with Gasteiger partial charge in [-0.15, -0.1) is 0 Å². The molecule has 0 aromatic heterocycles. The van der Waals surface area contributed by atoms with Gasteiger partial charge < -0.3 is 14.8 Å². The van der Waals surface area contributed by atoms with Crippen LogP contribution in [0.3, 0.4) is 0 Å². The fourth-order valence-corrected chi connectivity index (χ4v) is 6.16. The maximum absolute atomic E-state index is 14.7. The average molecular weight is 614 g/mol. The molecule has 2 aromatic carbocycles. The van der Waals surface area contributed by atoms with Crippen LogP contribution in [0.2, 0.25) is 0 Å². The first kappa shape index (κ1) is 25.8. The van der Waals surface area contributed by atoms with Crippen LogP contribution < -0.4 is 10.2 Å². The van der Waals surface area contributed by atoms with Gasteiger partial charge in [-0.25, -0.2) is 9.69 Å². The van der Waals surface area contributed by atoms with Crippen LogP contribution in [0.15, 0.2) is 48.5 Å². The van der Waals surface area contributed by atoms with Gasteiger partial charge in [-0.05, 0) is 106 Å². The third-order valence-electron chi connectivity index (χ3n) is 6.90. The van der Waals surface area contributed by atoms with Crippen LogP contribution in [0.5, 0.6) is 0 Å². The number of nitrogens with zero attached hydrogens (tertiary/aromatic N) is 1. The number of anilines is 2. The van der Waals surface area contributed by atoms with Gasteiger partial charge in [0, 0.05) is 14.8 Å². The summed E-state index contributed by atoms with van der Waals surface area (Å²) in [4.78, 5) is 43.1. The minimum atomic E-state index is -1.40. The molecule has 5 rings (SSSR count). The molecule has 7 nitrogen and oxygen atoms in total. The van der Waals surface area contributed by atoms with Gasteiger partial charge in [0.15, 0.2) is 0 Å². The number of carbonyl (C=O) groups excluding carboxylic acids is 3. The molecule has 0 saturated heterocycles. The molecule has 0 bridgehead atoms. The molecule has 0 radical (unpaired) electrons. The SMILES string of the molecule is CC(C)(C)OC(=O)C1CC=C2c3ccccc3NC2C12C(=O)N(C(=O)OC(C)(C)C)c1ccc(I)cc12. The van der Waals surface area contributed by atoms with Gasteiger partial charge in [0.2, 0.25) is 0 Å². The zero-order valence-corrected chi connectivity index (χ0v) is 24.0. The number of imide groups is 1. The Labute approximate surface area is 230 Å². The summed E-state index contributed by atoms with van der Waals surface area (Å²) >= 11 is 2.20. The largest absolute Gasteiger partial charge is 0.460 e. The Balaban J connectivity index is 1.75. The van der Waals surface area contributed by atoms with E-state index in [1.54, 1.807) is 26.8 Å². The van der Waals surface area contributed by atoms with Crippen molar-refractivity contribution in [3.05, 3.63) is 63.2 Å². The molecule has 194 valence electrons. The minimum Gasteiger partial charge on any atom is -0.460 e. The molecule has 2 aromatic rings. The van der Waals surface area contributed by atoms with Crippen molar-refractivity contribution in [2.75, 3.05) is 10.2 Å². The van der Waals surface area contributed by atoms with Crippen LogP contribution in [-0.2, 0) is 24.5 Å². The fourth-order valence-electron chi connectivity index (χ4n) is 5.67. The third-order valence-corrected chi connectivity index (χ3v) is 7.57. The van der Waals surface area contributed by atoms with E-state index in [1.165, 1.54) is 0 Å². The normalized spacial score (nSPS) is 24.1. The van der Waals surface area contributed by atoms with E-state index in [0.29, 0.717) is 17.7 Å². The second kappa shape index (κ2) is 8.58. The van der Waals surface area contributed by atoms with Crippen LogP contribution >= 0.6 is 22.6 Å². The Morgan fingerprint density at radius 1 is 1.03 bits per heavy atom. The number of rotatable bonds is 1. The Hall–Kier alpha value is -2.88. The van der Waals surface area contributed by atoms with Gasteiger partial charge in [-0.3, -0.25) is 9.59 Å². The number of carbonyl (C=O) groups is 3. The molecule has 3 atom stereocenters. The highest BCUT2D eigenvalue weighted by molar-refractivity contribution is 14.1. The topological polar surface area (TPSA) is 84.9 Å². The van der Waals surface area contributed by atoms with Gasteiger partial charge in [0.05, 0.1) is 17.6 Å². The lowest BCUT2D eigenvalue weighted by atomic mass is 9.60. The summed E-state index contributed by atoms with van der Waals surface area (Å²) in [5.74, 6) is -1.80. The Bertz CT molecular complexity index is 1350. The second-order valence-corrected chi connectivity index (χ2v) is 13.0. The molecule has 37 heavy (non-hydrogen) atoms. The maximum Gasteiger partial charge on any atom is 0.421 e. The van der Waals surface area contributed by atoms with Crippen LogP contribution in [0.4, 0.5) is 16.2 Å². The standard InChI is InChI=1S/C29H31IN2O5/c1-27(2,3)36-24(33)19-13-12-18-17-9-7-8-10-21(17)31-23(18)29(19)20-15-16(30)11-14-22(20)32(25(29)34)26(35)37-28(4,5)6/h7-12,14-15,19,23,31H,13H2,1-6H3. The number of para-hydroxylation sites is 1. The molecule has 1 spiro atoms. The van der Waals surface area contributed by atoms with Crippen LogP contribution in [0.25, 0.3) is 5.57 Å². The van der Waals surface area contributed by atoms with E-state index >= 15 is 0 Å². The van der Waals surface area contributed by atoms with Crippen molar-refractivity contribution in [2.45, 2.75) is 70.6 Å². The number of nitrogens with one attached hydrogen (secondary N) is 1. The van der Waals surface area contributed by atoms with E-state index < -0.39 is 46.5 Å². The summed E-state index contributed by atoms with van der Waals surface area (Å²) in [6, 6.07) is 12.8. The summed E-state index contributed by atoms with van der Waals surface area (Å²) < 4.78 is 12.4. The van der Waals surface area contributed by atoms with Gasteiger partial charge in [-0.1, -0.05) is 24.3 Å². The van der Waals surface area contributed by atoms with E-state index in [0.717, 1.165) is 25.3 Å². The minimum absolute atomic E-state index is 0.301. The fraction of sp³-hybridized carbons (Fsp3) is 0.414. The molecule has 1 N–H and O–H groups in total. The Kier molecular flexibility index (Phi) is 5.97. The summed E-state index contributed by atoms with van der Waals surface area (Å²) in [5, 5.41) is 3.54. The van der Waals surface area contributed by atoms with E-state index in [1.807, 2.05) is 63.2 Å². The second-order valence-electron chi connectivity index (χ2n) is 11.8. The number of halogens is 1. The number of allylic oxidation sites excluding steroid dienone is 1.